The van der Waals surface area contributed by atoms with Gasteiger partial charge >= 0.3 is 0 Å². The summed E-state index contributed by atoms with van der Waals surface area (Å²) in [6, 6.07) is 8.56. The highest BCUT2D eigenvalue weighted by Crippen LogP contribution is 2.49. The van der Waals surface area contributed by atoms with E-state index in [2.05, 4.69) is 37.8 Å². The zero-order valence-electron chi connectivity index (χ0n) is 17.1. The van der Waals surface area contributed by atoms with Crippen molar-refractivity contribution >= 4 is 11.8 Å². The molecule has 0 saturated heterocycles. The Bertz CT molecular complexity index is 954. The smallest absolute Gasteiger partial charge is 0.258 e. The average molecular weight is 395 g/mol. The van der Waals surface area contributed by atoms with E-state index >= 15 is 0 Å². The molecule has 1 aromatic heterocycles. The van der Waals surface area contributed by atoms with E-state index in [0.29, 0.717) is 6.54 Å². The van der Waals surface area contributed by atoms with Crippen molar-refractivity contribution in [2.24, 2.45) is 0 Å². The number of fused-ring (bicyclic) bond motifs is 4. The van der Waals surface area contributed by atoms with E-state index in [1.54, 1.807) is 11.8 Å². The van der Waals surface area contributed by atoms with Gasteiger partial charge in [-0.25, -0.2) is 4.98 Å². The van der Waals surface area contributed by atoms with Crippen molar-refractivity contribution in [3.63, 3.8) is 0 Å². The number of allylic oxidation sites excluding steroid dienone is 1. The fourth-order valence-corrected chi connectivity index (χ4v) is 5.95. The Balaban J connectivity index is 1.94. The molecule has 148 valence electrons. The maximum Gasteiger partial charge on any atom is 0.258 e. The van der Waals surface area contributed by atoms with E-state index in [4.69, 9.17) is 4.98 Å². The first-order valence-electron chi connectivity index (χ1n) is 10.6. The molecule has 1 saturated carbocycles. The maximum absolute atomic E-state index is 13.8. The van der Waals surface area contributed by atoms with Gasteiger partial charge < -0.3 is 0 Å². The minimum absolute atomic E-state index is 0.0305. The summed E-state index contributed by atoms with van der Waals surface area (Å²) in [5.74, 6) is 0.991. The first-order valence-corrected chi connectivity index (χ1v) is 11.5. The fraction of sp³-hybridized carbons (Fsp3) is 0.500. The Morgan fingerprint density at radius 1 is 1.29 bits per heavy atom. The predicted molar refractivity (Wildman–Crippen MR) is 118 cm³/mol. The van der Waals surface area contributed by atoms with Crippen LogP contribution in [0.2, 0.25) is 0 Å². The van der Waals surface area contributed by atoms with Crippen LogP contribution in [-0.2, 0) is 18.4 Å². The molecule has 1 fully saturated rings. The quantitative estimate of drug-likeness (QED) is 0.271. The number of thioether (sulfide) groups is 1. The van der Waals surface area contributed by atoms with Crippen molar-refractivity contribution in [3.8, 4) is 11.3 Å². The second kappa shape index (κ2) is 7.90. The molecule has 2 aromatic rings. The summed E-state index contributed by atoms with van der Waals surface area (Å²) < 4.78 is 1.90. The molecule has 1 aromatic carbocycles. The number of unbranched alkanes of at least 4 members (excludes halogenated alkanes) is 1. The Labute approximate surface area is 172 Å². The van der Waals surface area contributed by atoms with Crippen LogP contribution in [-0.4, -0.2) is 15.3 Å². The van der Waals surface area contributed by atoms with Crippen LogP contribution < -0.4 is 5.56 Å². The third-order valence-corrected chi connectivity index (χ3v) is 7.25. The lowest BCUT2D eigenvalue weighted by atomic mass is 9.68. The van der Waals surface area contributed by atoms with Gasteiger partial charge in [0.15, 0.2) is 5.16 Å². The Kier molecular flexibility index (Phi) is 5.50. The lowest BCUT2D eigenvalue weighted by Crippen LogP contribution is -2.40. The molecule has 4 heteroatoms. The summed E-state index contributed by atoms with van der Waals surface area (Å²) in [7, 11) is 0. The lowest BCUT2D eigenvalue weighted by molar-refractivity contribution is 0.417. The molecule has 4 rings (SSSR count). The summed E-state index contributed by atoms with van der Waals surface area (Å²) in [5, 5.41) is 0.852. The highest BCUT2D eigenvalue weighted by atomic mass is 32.2. The SMILES string of the molecule is C=C(C)Cn1c(SCCCC)nc2c(c1=O)C1(CCCC1)Cc1ccccc1-2. The highest BCUT2D eigenvalue weighted by Gasteiger charge is 2.44. The van der Waals surface area contributed by atoms with Gasteiger partial charge in [-0.2, -0.15) is 0 Å². The van der Waals surface area contributed by atoms with Crippen molar-refractivity contribution in [1.82, 2.24) is 9.55 Å². The summed E-state index contributed by atoms with van der Waals surface area (Å²) in [5.41, 5.74) is 5.58. The van der Waals surface area contributed by atoms with Crippen LogP contribution in [0.25, 0.3) is 11.3 Å². The topological polar surface area (TPSA) is 34.9 Å². The van der Waals surface area contributed by atoms with Gasteiger partial charge in [0.05, 0.1) is 11.3 Å². The van der Waals surface area contributed by atoms with E-state index < -0.39 is 0 Å². The zero-order chi connectivity index (χ0) is 19.7. The molecule has 28 heavy (non-hydrogen) atoms. The molecule has 0 bridgehead atoms. The number of hydrogen-bond donors (Lipinski definition) is 0. The van der Waals surface area contributed by atoms with Gasteiger partial charge in [0, 0.05) is 23.3 Å². The Morgan fingerprint density at radius 2 is 2.04 bits per heavy atom. The molecule has 0 radical (unpaired) electrons. The van der Waals surface area contributed by atoms with E-state index in [-0.39, 0.29) is 11.0 Å². The molecule has 0 N–H and O–H groups in total. The Hall–Kier alpha value is -1.81. The van der Waals surface area contributed by atoms with E-state index in [9.17, 15) is 4.79 Å². The summed E-state index contributed by atoms with van der Waals surface area (Å²) in [6.45, 7) is 8.82. The van der Waals surface area contributed by atoms with Crippen molar-refractivity contribution in [2.75, 3.05) is 5.75 Å². The van der Waals surface area contributed by atoms with Gasteiger partial charge in [0.25, 0.3) is 5.56 Å². The van der Waals surface area contributed by atoms with Crippen molar-refractivity contribution in [1.29, 1.82) is 0 Å². The molecule has 0 aliphatic heterocycles. The normalized spacial score (nSPS) is 16.8. The fourth-order valence-electron chi connectivity index (χ4n) is 4.87. The monoisotopic (exact) mass is 394 g/mol. The van der Waals surface area contributed by atoms with Gasteiger partial charge in [0.1, 0.15) is 0 Å². The van der Waals surface area contributed by atoms with Crippen molar-refractivity contribution < 1.29 is 0 Å². The first-order chi connectivity index (χ1) is 13.6. The number of nitrogens with zero attached hydrogens (tertiary/aromatic N) is 2. The van der Waals surface area contributed by atoms with Crippen molar-refractivity contribution in [3.05, 3.63) is 57.9 Å². The molecule has 0 amide bonds. The Morgan fingerprint density at radius 3 is 2.75 bits per heavy atom. The van der Waals surface area contributed by atoms with E-state index in [1.165, 1.54) is 18.4 Å². The molecular formula is C24H30N2OS. The molecule has 0 unspecified atom stereocenters. The minimum Gasteiger partial charge on any atom is -0.283 e. The first kappa shape index (κ1) is 19.5. The standard InChI is InChI=1S/C24H30N2OS/c1-4-5-14-28-23-25-21-19-11-7-6-10-18(19)15-24(12-8-9-13-24)20(21)22(27)26(23)16-17(2)3/h6-7,10-11H,2,4-5,8-9,12-16H2,1,3H3. The van der Waals surface area contributed by atoms with Gasteiger partial charge in [-0.15, -0.1) is 0 Å². The average Bonchev–Trinajstić information content (AvgIpc) is 3.13. The van der Waals surface area contributed by atoms with Crippen LogP contribution in [0, 0.1) is 0 Å². The van der Waals surface area contributed by atoms with Gasteiger partial charge in [-0.05, 0) is 38.2 Å². The lowest BCUT2D eigenvalue weighted by Gasteiger charge is -2.36. The van der Waals surface area contributed by atoms with Gasteiger partial charge in [0.2, 0.25) is 0 Å². The number of hydrogen-bond acceptors (Lipinski definition) is 3. The van der Waals surface area contributed by atoms with Crippen LogP contribution in [0.4, 0.5) is 0 Å². The molecular weight excluding hydrogens is 364 g/mol. The van der Waals surface area contributed by atoms with Crippen LogP contribution in [0.15, 0.2) is 46.4 Å². The van der Waals surface area contributed by atoms with Crippen LogP contribution >= 0.6 is 11.8 Å². The van der Waals surface area contributed by atoms with Crippen molar-refractivity contribution in [2.45, 2.75) is 75.9 Å². The van der Waals surface area contributed by atoms with Crippen LogP contribution in [0.5, 0.6) is 0 Å². The third-order valence-electron chi connectivity index (χ3n) is 6.18. The maximum atomic E-state index is 13.8. The molecule has 0 atom stereocenters. The molecule has 3 nitrogen and oxygen atoms in total. The number of rotatable bonds is 6. The summed E-state index contributed by atoms with van der Waals surface area (Å²) in [6.07, 6.45) is 7.85. The molecule has 2 aliphatic rings. The third kappa shape index (κ3) is 3.36. The molecule has 2 aliphatic carbocycles. The van der Waals surface area contributed by atoms with E-state index in [1.807, 2.05) is 11.5 Å². The number of aromatic nitrogens is 2. The second-order valence-corrected chi connectivity index (χ2v) is 9.55. The highest BCUT2D eigenvalue weighted by molar-refractivity contribution is 7.99. The zero-order valence-corrected chi connectivity index (χ0v) is 17.9. The molecule has 1 spiro atoms. The largest absolute Gasteiger partial charge is 0.283 e. The van der Waals surface area contributed by atoms with Crippen LogP contribution in [0.3, 0.4) is 0 Å². The number of benzene rings is 1. The van der Waals surface area contributed by atoms with Crippen LogP contribution in [0.1, 0.15) is 63.5 Å². The summed E-state index contributed by atoms with van der Waals surface area (Å²) >= 11 is 1.72. The van der Waals surface area contributed by atoms with Gasteiger partial charge in [-0.3, -0.25) is 9.36 Å². The minimum atomic E-state index is -0.0305. The van der Waals surface area contributed by atoms with Gasteiger partial charge in [-0.1, -0.05) is 74.4 Å². The van der Waals surface area contributed by atoms with E-state index in [0.717, 1.165) is 65.4 Å². The molecule has 1 heterocycles. The summed E-state index contributed by atoms with van der Waals surface area (Å²) in [4.78, 5) is 19.0. The second-order valence-electron chi connectivity index (χ2n) is 8.49. The predicted octanol–water partition coefficient (Wildman–Crippen LogP) is 5.75.